The molecule has 1 aliphatic rings. The maximum Gasteiger partial charge on any atom is 0.321 e. The van der Waals surface area contributed by atoms with Gasteiger partial charge < -0.3 is 15.7 Å². The molecule has 0 saturated carbocycles. The van der Waals surface area contributed by atoms with E-state index in [1.54, 1.807) is 11.8 Å². The van der Waals surface area contributed by atoms with Gasteiger partial charge in [-0.1, -0.05) is 0 Å². The molecule has 0 aromatic heterocycles. The number of nitrogens with zero attached hydrogens (tertiary/aromatic N) is 2. The quantitative estimate of drug-likeness (QED) is 0.602. The number of carboxylic acid groups (broad SMARTS) is 1. The highest BCUT2D eigenvalue weighted by atomic mass is 16.4. The first-order valence-electron chi connectivity index (χ1n) is 4.97. The van der Waals surface area contributed by atoms with Gasteiger partial charge in [0.05, 0.1) is 0 Å². The van der Waals surface area contributed by atoms with Gasteiger partial charge in [-0.2, -0.15) is 0 Å². The lowest BCUT2D eigenvalue weighted by Gasteiger charge is -2.34. The summed E-state index contributed by atoms with van der Waals surface area (Å²) < 4.78 is 0. The molecule has 0 radical (unpaired) electrons. The Bertz CT molecular complexity index is 249. The minimum Gasteiger partial charge on any atom is -0.480 e. The molecule has 0 bridgehead atoms. The summed E-state index contributed by atoms with van der Waals surface area (Å²) in [5.74, 6) is -0.916. The average molecular weight is 215 g/mol. The summed E-state index contributed by atoms with van der Waals surface area (Å²) in [4.78, 5) is 25.3. The number of hydrogen-bond donors (Lipinski definition) is 2. The number of carbonyl (C=O) groups excluding carboxylic acids is 1. The molecule has 1 amide bonds. The zero-order valence-electron chi connectivity index (χ0n) is 8.85. The molecule has 0 aromatic rings. The zero-order valence-corrected chi connectivity index (χ0v) is 8.85. The first-order chi connectivity index (χ1) is 7.00. The molecule has 0 aliphatic carbocycles. The number of carboxylic acids is 1. The summed E-state index contributed by atoms with van der Waals surface area (Å²) >= 11 is 0. The smallest absolute Gasteiger partial charge is 0.321 e. The third-order valence-corrected chi connectivity index (χ3v) is 2.59. The number of hydrogen-bond acceptors (Lipinski definition) is 4. The number of rotatable bonds is 3. The predicted molar refractivity (Wildman–Crippen MR) is 54.3 cm³/mol. The van der Waals surface area contributed by atoms with Crippen LogP contribution in [0.3, 0.4) is 0 Å². The maximum absolute atomic E-state index is 11.0. The lowest BCUT2D eigenvalue weighted by Crippen LogP contribution is -2.52. The number of nitrogens with two attached hydrogens (primary N) is 1. The Kier molecular flexibility index (Phi) is 4.05. The minimum atomic E-state index is -0.982. The molecule has 0 unspecified atom stereocenters. The average Bonchev–Trinajstić information content (AvgIpc) is 2.18. The maximum atomic E-state index is 11.0. The third kappa shape index (κ3) is 3.49. The van der Waals surface area contributed by atoms with Crippen LogP contribution in [0.15, 0.2) is 0 Å². The van der Waals surface area contributed by atoms with E-state index in [-0.39, 0.29) is 5.91 Å². The molecular weight excluding hydrogens is 198 g/mol. The first-order valence-corrected chi connectivity index (χ1v) is 4.97. The van der Waals surface area contributed by atoms with E-state index >= 15 is 0 Å². The van der Waals surface area contributed by atoms with Crippen molar-refractivity contribution in [3.8, 4) is 0 Å². The Morgan fingerprint density at radius 2 is 1.87 bits per heavy atom. The fraction of sp³-hybridized carbons (Fsp3) is 0.778. The van der Waals surface area contributed by atoms with Crippen molar-refractivity contribution in [1.82, 2.24) is 9.80 Å². The van der Waals surface area contributed by atoms with E-state index < -0.39 is 12.0 Å². The predicted octanol–water partition coefficient (Wildman–Crippen LogP) is -1.44. The number of amides is 1. The molecule has 86 valence electrons. The van der Waals surface area contributed by atoms with E-state index in [4.69, 9.17) is 10.8 Å². The summed E-state index contributed by atoms with van der Waals surface area (Å²) in [5.41, 5.74) is 5.42. The highest BCUT2D eigenvalue weighted by Gasteiger charge is 2.22. The Balaban J connectivity index is 2.31. The van der Waals surface area contributed by atoms with Crippen molar-refractivity contribution in [2.75, 3.05) is 32.7 Å². The lowest BCUT2D eigenvalue weighted by atomic mass is 10.2. The SMILES string of the molecule is CC(=O)N1CCN(C[C@H](N)C(=O)O)CC1. The second kappa shape index (κ2) is 5.09. The van der Waals surface area contributed by atoms with Gasteiger partial charge in [-0.15, -0.1) is 0 Å². The van der Waals surface area contributed by atoms with E-state index in [1.165, 1.54) is 0 Å². The van der Waals surface area contributed by atoms with Crippen molar-refractivity contribution < 1.29 is 14.7 Å². The van der Waals surface area contributed by atoms with Crippen LogP contribution >= 0.6 is 0 Å². The van der Waals surface area contributed by atoms with Crippen molar-refractivity contribution in [1.29, 1.82) is 0 Å². The number of carbonyl (C=O) groups is 2. The number of aliphatic carboxylic acids is 1. The van der Waals surface area contributed by atoms with Crippen molar-refractivity contribution in [2.24, 2.45) is 5.73 Å². The van der Waals surface area contributed by atoms with E-state index in [0.29, 0.717) is 32.7 Å². The fourth-order valence-corrected chi connectivity index (χ4v) is 1.60. The van der Waals surface area contributed by atoms with Crippen LogP contribution in [0.1, 0.15) is 6.92 Å². The largest absolute Gasteiger partial charge is 0.480 e. The van der Waals surface area contributed by atoms with Crippen LogP contribution in [0, 0.1) is 0 Å². The number of piperazine rings is 1. The molecule has 1 saturated heterocycles. The van der Waals surface area contributed by atoms with E-state index in [0.717, 1.165) is 0 Å². The molecule has 15 heavy (non-hydrogen) atoms. The Morgan fingerprint density at radius 1 is 1.33 bits per heavy atom. The molecule has 1 heterocycles. The van der Waals surface area contributed by atoms with Gasteiger partial charge in [0.15, 0.2) is 0 Å². The summed E-state index contributed by atoms with van der Waals surface area (Å²) in [5, 5.41) is 8.64. The van der Waals surface area contributed by atoms with Gasteiger partial charge in [0.25, 0.3) is 0 Å². The summed E-state index contributed by atoms with van der Waals surface area (Å²) in [6.45, 7) is 4.59. The highest BCUT2D eigenvalue weighted by molar-refractivity contribution is 5.74. The third-order valence-electron chi connectivity index (χ3n) is 2.59. The van der Waals surface area contributed by atoms with Crippen LogP contribution in [0.4, 0.5) is 0 Å². The molecule has 6 heteroatoms. The molecule has 3 N–H and O–H groups in total. The van der Waals surface area contributed by atoms with Crippen LogP contribution in [0.25, 0.3) is 0 Å². The van der Waals surface area contributed by atoms with Crippen LogP contribution in [0.5, 0.6) is 0 Å². The Hall–Kier alpha value is -1.14. The molecular formula is C9H17N3O3. The highest BCUT2D eigenvalue weighted by Crippen LogP contribution is 2.02. The lowest BCUT2D eigenvalue weighted by molar-refractivity contribution is -0.139. The monoisotopic (exact) mass is 215 g/mol. The molecule has 0 aromatic carbocycles. The van der Waals surface area contributed by atoms with Crippen molar-refractivity contribution in [2.45, 2.75) is 13.0 Å². The molecule has 1 fully saturated rings. The van der Waals surface area contributed by atoms with E-state index in [2.05, 4.69) is 0 Å². The molecule has 1 rings (SSSR count). The second-order valence-corrected chi connectivity index (χ2v) is 3.75. The normalized spacial score (nSPS) is 20.0. The summed E-state index contributed by atoms with van der Waals surface area (Å²) in [7, 11) is 0. The van der Waals surface area contributed by atoms with Crippen LogP contribution in [-0.4, -0.2) is 65.5 Å². The minimum absolute atomic E-state index is 0.0668. The van der Waals surface area contributed by atoms with Gasteiger partial charge >= 0.3 is 5.97 Å². The fourth-order valence-electron chi connectivity index (χ4n) is 1.60. The first kappa shape index (κ1) is 11.9. The van der Waals surface area contributed by atoms with Crippen LogP contribution in [0.2, 0.25) is 0 Å². The van der Waals surface area contributed by atoms with Crippen LogP contribution in [-0.2, 0) is 9.59 Å². The van der Waals surface area contributed by atoms with Gasteiger partial charge in [-0.3, -0.25) is 14.5 Å². The Morgan fingerprint density at radius 3 is 2.27 bits per heavy atom. The van der Waals surface area contributed by atoms with Gasteiger partial charge in [-0.25, -0.2) is 0 Å². The Labute approximate surface area is 88.6 Å². The van der Waals surface area contributed by atoms with Gasteiger partial charge in [0.2, 0.25) is 5.91 Å². The molecule has 6 nitrogen and oxygen atoms in total. The van der Waals surface area contributed by atoms with Gasteiger partial charge in [-0.05, 0) is 0 Å². The van der Waals surface area contributed by atoms with Crippen molar-refractivity contribution >= 4 is 11.9 Å². The van der Waals surface area contributed by atoms with E-state index in [9.17, 15) is 9.59 Å². The second-order valence-electron chi connectivity index (χ2n) is 3.75. The van der Waals surface area contributed by atoms with Crippen LogP contribution < -0.4 is 5.73 Å². The molecule has 1 aliphatic heterocycles. The van der Waals surface area contributed by atoms with Crippen molar-refractivity contribution in [3.05, 3.63) is 0 Å². The summed E-state index contributed by atoms with van der Waals surface area (Å²) in [6, 6.07) is -0.839. The van der Waals surface area contributed by atoms with E-state index in [1.807, 2.05) is 4.90 Å². The van der Waals surface area contributed by atoms with Gasteiger partial charge in [0.1, 0.15) is 6.04 Å². The topological polar surface area (TPSA) is 86.9 Å². The summed E-state index contributed by atoms with van der Waals surface area (Å²) in [6.07, 6.45) is 0. The van der Waals surface area contributed by atoms with Crippen molar-refractivity contribution in [3.63, 3.8) is 0 Å². The van der Waals surface area contributed by atoms with Gasteiger partial charge in [0, 0.05) is 39.6 Å². The molecule has 0 spiro atoms. The molecule has 1 atom stereocenters. The standard InChI is InChI=1S/C9H17N3O3/c1-7(13)12-4-2-11(3-5-12)6-8(10)9(14)15/h8H,2-6,10H2,1H3,(H,14,15)/t8-/m0/s1. The zero-order chi connectivity index (χ0) is 11.4.